The van der Waals surface area contributed by atoms with Crippen LogP contribution in [0.2, 0.25) is 0 Å². The molecule has 0 radical (unpaired) electrons. The van der Waals surface area contributed by atoms with Crippen LogP contribution in [0.5, 0.6) is 0 Å². The predicted molar refractivity (Wildman–Crippen MR) is 102 cm³/mol. The lowest BCUT2D eigenvalue weighted by Crippen LogP contribution is -2.25. The normalized spacial score (nSPS) is 13.9. The summed E-state index contributed by atoms with van der Waals surface area (Å²) in [5, 5.41) is 11.6. The molecule has 7 heteroatoms. The molecule has 0 unspecified atom stereocenters. The van der Waals surface area contributed by atoms with E-state index in [0.29, 0.717) is 12.1 Å². The number of rotatable bonds is 4. The van der Waals surface area contributed by atoms with Crippen molar-refractivity contribution in [3.05, 3.63) is 59.2 Å². The fourth-order valence-electron chi connectivity index (χ4n) is 3.81. The lowest BCUT2D eigenvalue weighted by atomic mass is 10.2. The van der Waals surface area contributed by atoms with Crippen LogP contribution in [-0.2, 0) is 19.5 Å². The van der Waals surface area contributed by atoms with Crippen LogP contribution in [-0.4, -0.2) is 30.2 Å². The number of carbonyl (C=O) groups excluding carboxylic acids is 1. The first-order valence-electron chi connectivity index (χ1n) is 9.43. The highest BCUT2D eigenvalue weighted by Crippen LogP contribution is 2.20. The first kappa shape index (κ1) is 17.5. The van der Waals surface area contributed by atoms with Crippen molar-refractivity contribution in [3.63, 3.8) is 0 Å². The molecule has 1 N–H and O–H groups in total. The molecule has 3 aromatic rings. The van der Waals surface area contributed by atoms with Crippen molar-refractivity contribution in [3.8, 4) is 5.69 Å². The maximum atomic E-state index is 12.8. The van der Waals surface area contributed by atoms with E-state index in [9.17, 15) is 4.79 Å². The van der Waals surface area contributed by atoms with Crippen molar-refractivity contribution >= 4 is 5.91 Å². The van der Waals surface area contributed by atoms with Gasteiger partial charge in [0.25, 0.3) is 5.91 Å². The van der Waals surface area contributed by atoms with Gasteiger partial charge in [0, 0.05) is 30.6 Å². The number of pyridine rings is 1. The van der Waals surface area contributed by atoms with Gasteiger partial charge in [-0.15, -0.1) is 10.2 Å². The molecule has 1 amide bonds. The molecule has 4 heterocycles. The fourth-order valence-corrected chi connectivity index (χ4v) is 3.81. The van der Waals surface area contributed by atoms with Gasteiger partial charge in [-0.1, -0.05) is 6.42 Å². The number of aromatic nitrogens is 5. The van der Waals surface area contributed by atoms with Crippen molar-refractivity contribution in [2.75, 3.05) is 0 Å². The standard InChI is InChI=1S/C20H24N6O/c1-14-11-17(15(2)26(14)16-7-6-9-21-12-16)20(27)22-13-19-24-23-18-8-4-3-5-10-25(18)19/h6-7,9,11-12H,3-5,8,10,13H2,1-2H3,(H,22,27). The highest BCUT2D eigenvalue weighted by atomic mass is 16.1. The summed E-state index contributed by atoms with van der Waals surface area (Å²) in [6.45, 7) is 5.28. The summed E-state index contributed by atoms with van der Waals surface area (Å²) < 4.78 is 4.21. The average molecular weight is 364 g/mol. The van der Waals surface area contributed by atoms with Crippen LogP contribution in [0.4, 0.5) is 0 Å². The van der Waals surface area contributed by atoms with Gasteiger partial charge in [0.1, 0.15) is 5.82 Å². The fraction of sp³-hybridized carbons (Fsp3) is 0.400. The molecule has 0 bridgehead atoms. The van der Waals surface area contributed by atoms with Gasteiger partial charge in [-0.05, 0) is 44.9 Å². The number of nitrogens with one attached hydrogen (secondary N) is 1. The van der Waals surface area contributed by atoms with Gasteiger partial charge in [-0.2, -0.15) is 0 Å². The van der Waals surface area contributed by atoms with Gasteiger partial charge < -0.3 is 14.5 Å². The Morgan fingerprint density at radius 2 is 2.11 bits per heavy atom. The third kappa shape index (κ3) is 3.37. The Labute approximate surface area is 158 Å². The number of hydrogen-bond donors (Lipinski definition) is 1. The zero-order chi connectivity index (χ0) is 18.8. The van der Waals surface area contributed by atoms with E-state index < -0.39 is 0 Å². The topological polar surface area (TPSA) is 77.6 Å². The molecular weight excluding hydrogens is 340 g/mol. The Bertz CT molecular complexity index is 957. The van der Waals surface area contributed by atoms with Gasteiger partial charge in [0.15, 0.2) is 5.82 Å². The molecule has 1 aliphatic rings. The summed E-state index contributed by atoms with van der Waals surface area (Å²) >= 11 is 0. The zero-order valence-corrected chi connectivity index (χ0v) is 15.8. The molecule has 27 heavy (non-hydrogen) atoms. The van der Waals surface area contributed by atoms with E-state index in [4.69, 9.17) is 0 Å². The molecule has 0 saturated carbocycles. The lowest BCUT2D eigenvalue weighted by molar-refractivity contribution is 0.0949. The molecule has 0 aliphatic carbocycles. The van der Waals surface area contributed by atoms with Crippen LogP contribution in [0.25, 0.3) is 5.69 Å². The van der Waals surface area contributed by atoms with Crippen LogP contribution in [0.1, 0.15) is 52.7 Å². The minimum absolute atomic E-state index is 0.0933. The lowest BCUT2D eigenvalue weighted by Gasteiger charge is -2.10. The molecule has 140 valence electrons. The molecule has 3 aromatic heterocycles. The van der Waals surface area contributed by atoms with E-state index in [1.807, 2.05) is 36.6 Å². The summed E-state index contributed by atoms with van der Waals surface area (Å²) in [4.78, 5) is 17.0. The first-order valence-corrected chi connectivity index (χ1v) is 9.43. The Morgan fingerprint density at radius 3 is 2.93 bits per heavy atom. The van der Waals surface area contributed by atoms with Crippen LogP contribution < -0.4 is 5.32 Å². The molecule has 0 spiro atoms. The summed E-state index contributed by atoms with van der Waals surface area (Å²) in [6.07, 6.45) is 8.02. The smallest absolute Gasteiger partial charge is 0.253 e. The van der Waals surface area contributed by atoms with Crippen LogP contribution in [0.15, 0.2) is 30.6 Å². The molecular formula is C20H24N6O. The van der Waals surface area contributed by atoms with Gasteiger partial charge in [0.2, 0.25) is 0 Å². The third-order valence-corrected chi connectivity index (χ3v) is 5.17. The van der Waals surface area contributed by atoms with Crippen LogP contribution in [0, 0.1) is 13.8 Å². The molecule has 0 saturated heterocycles. The number of fused-ring (bicyclic) bond motifs is 1. The largest absolute Gasteiger partial charge is 0.345 e. The van der Waals surface area contributed by atoms with E-state index in [-0.39, 0.29) is 5.91 Å². The van der Waals surface area contributed by atoms with Gasteiger partial charge in [-0.3, -0.25) is 9.78 Å². The van der Waals surface area contributed by atoms with E-state index >= 15 is 0 Å². The number of hydrogen-bond acceptors (Lipinski definition) is 4. The van der Waals surface area contributed by atoms with E-state index in [2.05, 4.69) is 25.1 Å². The molecule has 0 aromatic carbocycles. The van der Waals surface area contributed by atoms with E-state index in [0.717, 1.165) is 54.5 Å². The van der Waals surface area contributed by atoms with Crippen LogP contribution >= 0.6 is 0 Å². The second-order valence-electron chi connectivity index (χ2n) is 7.01. The van der Waals surface area contributed by atoms with Crippen molar-refractivity contribution in [1.82, 2.24) is 29.6 Å². The second-order valence-corrected chi connectivity index (χ2v) is 7.01. The van der Waals surface area contributed by atoms with Crippen molar-refractivity contribution < 1.29 is 4.79 Å². The van der Waals surface area contributed by atoms with E-state index in [1.54, 1.807) is 12.4 Å². The number of carbonyl (C=O) groups is 1. The number of aryl methyl sites for hydroxylation is 2. The van der Waals surface area contributed by atoms with Gasteiger partial charge in [-0.25, -0.2) is 0 Å². The Kier molecular flexibility index (Phi) is 4.75. The van der Waals surface area contributed by atoms with Gasteiger partial charge >= 0.3 is 0 Å². The Balaban J connectivity index is 1.52. The minimum Gasteiger partial charge on any atom is -0.345 e. The predicted octanol–water partition coefficient (Wildman–Crippen LogP) is 2.74. The van der Waals surface area contributed by atoms with E-state index in [1.165, 1.54) is 6.42 Å². The number of amides is 1. The molecule has 4 rings (SSSR count). The molecule has 7 nitrogen and oxygen atoms in total. The first-order chi connectivity index (χ1) is 13.1. The summed E-state index contributed by atoms with van der Waals surface area (Å²) in [5.74, 6) is 1.78. The van der Waals surface area contributed by atoms with Crippen molar-refractivity contribution in [2.24, 2.45) is 0 Å². The molecule has 0 fully saturated rings. The van der Waals surface area contributed by atoms with Crippen molar-refractivity contribution in [1.29, 1.82) is 0 Å². The monoisotopic (exact) mass is 364 g/mol. The minimum atomic E-state index is -0.0933. The quantitative estimate of drug-likeness (QED) is 0.772. The maximum Gasteiger partial charge on any atom is 0.253 e. The average Bonchev–Trinajstić information content (AvgIpc) is 3.10. The highest BCUT2D eigenvalue weighted by molar-refractivity contribution is 5.95. The molecule has 1 aliphatic heterocycles. The highest BCUT2D eigenvalue weighted by Gasteiger charge is 2.19. The summed E-state index contributed by atoms with van der Waals surface area (Å²) in [6, 6.07) is 5.80. The SMILES string of the molecule is Cc1cc(C(=O)NCc2nnc3n2CCCCC3)c(C)n1-c1cccnc1. The summed E-state index contributed by atoms with van der Waals surface area (Å²) in [5.41, 5.74) is 3.53. The Hall–Kier alpha value is -2.96. The maximum absolute atomic E-state index is 12.8. The van der Waals surface area contributed by atoms with Crippen molar-refractivity contribution in [2.45, 2.75) is 52.6 Å². The Morgan fingerprint density at radius 1 is 1.22 bits per heavy atom. The van der Waals surface area contributed by atoms with Crippen LogP contribution in [0.3, 0.4) is 0 Å². The second kappa shape index (κ2) is 7.34. The molecule has 0 atom stereocenters. The summed E-state index contributed by atoms with van der Waals surface area (Å²) in [7, 11) is 0. The third-order valence-electron chi connectivity index (χ3n) is 5.17. The van der Waals surface area contributed by atoms with Gasteiger partial charge in [0.05, 0.1) is 24.0 Å². The zero-order valence-electron chi connectivity index (χ0n) is 15.8. The number of nitrogens with zero attached hydrogens (tertiary/aromatic N) is 5.